The minimum Gasteiger partial charge on any atom is -0.282 e. The van der Waals surface area contributed by atoms with Crippen molar-refractivity contribution >= 4 is 20.2 Å². The Balaban J connectivity index is 0. The van der Waals surface area contributed by atoms with Gasteiger partial charge in [0.15, 0.2) is 0 Å². The number of rotatable bonds is 2. The lowest BCUT2D eigenvalue weighted by molar-refractivity contribution is 0.492. The summed E-state index contributed by atoms with van der Waals surface area (Å²) < 4.78 is 53.1. The second-order valence-electron chi connectivity index (χ2n) is 2.52. The normalized spacial score (nSPS) is 9.89. The standard InChI is InChI=1S/C6H6.2C2H4O3S/c1-2-4-6-5-3-1;2*1-2-6(3,4)5/h1-6H;2*2H,1H2,(H,3,4,5). The molecule has 0 radical (unpaired) electrons. The SMILES string of the molecule is C=CS(=O)(=O)O.C=CS(=O)(=O)O.c1ccccc1. The van der Waals surface area contributed by atoms with Gasteiger partial charge in [-0.1, -0.05) is 49.6 Å². The van der Waals surface area contributed by atoms with E-state index >= 15 is 0 Å². The van der Waals surface area contributed by atoms with Crippen molar-refractivity contribution in [1.82, 2.24) is 0 Å². The van der Waals surface area contributed by atoms with E-state index in [4.69, 9.17) is 9.11 Å². The quantitative estimate of drug-likeness (QED) is 0.804. The van der Waals surface area contributed by atoms with Crippen molar-refractivity contribution in [3.05, 3.63) is 60.4 Å². The third-order valence-electron chi connectivity index (χ3n) is 1.09. The van der Waals surface area contributed by atoms with Crippen molar-refractivity contribution in [2.24, 2.45) is 0 Å². The monoisotopic (exact) mass is 294 g/mol. The maximum absolute atomic E-state index is 9.44. The molecule has 0 unspecified atom stereocenters. The van der Waals surface area contributed by atoms with Crippen LogP contribution in [-0.4, -0.2) is 25.9 Å². The molecule has 1 aromatic carbocycles. The van der Waals surface area contributed by atoms with Gasteiger partial charge < -0.3 is 0 Å². The van der Waals surface area contributed by atoms with E-state index in [9.17, 15) is 16.8 Å². The summed E-state index contributed by atoms with van der Waals surface area (Å²) in [4.78, 5) is 0. The molecule has 0 fully saturated rings. The largest absolute Gasteiger partial charge is 0.287 e. The van der Waals surface area contributed by atoms with Gasteiger partial charge in [0.05, 0.1) is 10.8 Å². The number of benzene rings is 1. The van der Waals surface area contributed by atoms with E-state index in [0.717, 1.165) is 0 Å². The molecule has 2 N–H and O–H groups in total. The zero-order valence-electron chi connectivity index (χ0n) is 9.38. The van der Waals surface area contributed by atoms with Crippen LogP contribution in [-0.2, 0) is 20.2 Å². The van der Waals surface area contributed by atoms with E-state index in [2.05, 4.69) is 13.2 Å². The maximum atomic E-state index is 9.44. The predicted molar refractivity (Wildman–Crippen MR) is 69.9 cm³/mol. The van der Waals surface area contributed by atoms with Crippen LogP contribution in [0.15, 0.2) is 60.4 Å². The van der Waals surface area contributed by atoms with E-state index in [1.165, 1.54) is 0 Å². The molecule has 0 spiro atoms. The van der Waals surface area contributed by atoms with Crippen molar-refractivity contribution < 1.29 is 25.9 Å². The molecule has 0 saturated carbocycles. The smallest absolute Gasteiger partial charge is 0.282 e. The fraction of sp³-hybridized carbons (Fsp3) is 0. The summed E-state index contributed by atoms with van der Waals surface area (Å²) in [6.07, 6.45) is 0. The van der Waals surface area contributed by atoms with Crippen molar-refractivity contribution in [2.45, 2.75) is 0 Å². The van der Waals surface area contributed by atoms with E-state index in [1.807, 2.05) is 36.4 Å². The van der Waals surface area contributed by atoms with Crippen LogP contribution in [0.3, 0.4) is 0 Å². The topological polar surface area (TPSA) is 109 Å². The molecule has 0 atom stereocenters. The van der Waals surface area contributed by atoms with Gasteiger partial charge >= 0.3 is 0 Å². The molecule has 18 heavy (non-hydrogen) atoms. The Labute approximate surface area is 107 Å². The summed E-state index contributed by atoms with van der Waals surface area (Å²) in [6.45, 7) is 5.59. The highest BCUT2D eigenvalue weighted by Gasteiger charge is 1.88. The van der Waals surface area contributed by atoms with E-state index in [0.29, 0.717) is 10.8 Å². The van der Waals surface area contributed by atoms with Crippen LogP contribution in [0.4, 0.5) is 0 Å². The van der Waals surface area contributed by atoms with Gasteiger partial charge in [0.1, 0.15) is 0 Å². The first-order chi connectivity index (χ1) is 8.12. The predicted octanol–water partition coefficient (Wildman–Crippen LogP) is 1.72. The first-order valence-corrected chi connectivity index (χ1v) is 7.33. The van der Waals surface area contributed by atoms with Crippen molar-refractivity contribution in [1.29, 1.82) is 0 Å². The number of hydrogen-bond donors (Lipinski definition) is 2. The Bertz CT molecular complexity index is 445. The Kier molecular flexibility index (Phi) is 10.0. The van der Waals surface area contributed by atoms with Crippen LogP contribution < -0.4 is 0 Å². The fourth-order valence-corrected chi connectivity index (χ4v) is 0.385. The van der Waals surface area contributed by atoms with Crippen LogP contribution in [0.1, 0.15) is 0 Å². The molecule has 1 rings (SSSR count). The van der Waals surface area contributed by atoms with Crippen molar-refractivity contribution in [3.63, 3.8) is 0 Å². The van der Waals surface area contributed by atoms with Gasteiger partial charge in [-0.25, -0.2) is 0 Å². The molecule has 1 aromatic rings. The lowest BCUT2D eigenvalue weighted by Crippen LogP contribution is -1.86. The van der Waals surface area contributed by atoms with Gasteiger partial charge in [0, 0.05) is 0 Å². The Morgan fingerprint density at radius 3 is 0.833 bits per heavy atom. The highest BCUT2D eigenvalue weighted by Crippen LogP contribution is 1.80. The van der Waals surface area contributed by atoms with Crippen LogP contribution in [0, 0.1) is 0 Å². The lowest BCUT2D eigenvalue weighted by atomic mass is 10.4. The van der Waals surface area contributed by atoms with E-state index in [-0.39, 0.29) is 0 Å². The average molecular weight is 294 g/mol. The Hall–Kier alpha value is -1.48. The molecule has 0 aliphatic heterocycles. The van der Waals surface area contributed by atoms with Crippen LogP contribution >= 0.6 is 0 Å². The average Bonchev–Trinajstić information content (AvgIpc) is 2.31. The maximum Gasteiger partial charge on any atom is 0.287 e. The summed E-state index contributed by atoms with van der Waals surface area (Å²) in [6, 6.07) is 12.0. The second kappa shape index (κ2) is 9.54. The first kappa shape index (κ1) is 18.9. The van der Waals surface area contributed by atoms with Gasteiger partial charge in [0.2, 0.25) is 0 Å². The van der Waals surface area contributed by atoms with Crippen LogP contribution in [0.5, 0.6) is 0 Å². The Morgan fingerprint density at radius 2 is 0.778 bits per heavy atom. The third-order valence-corrected chi connectivity index (χ3v) is 1.93. The molecule has 0 bridgehead atoms. The summed E-state index contributed by atoms with van der Waals surface area (Å²) in [7, 11) is -7.80. The number of hydrogen-bond acceptors (Lipinski definition) is 4. The van der Waals surface area contributed by atoms with Gasteiger partial charge in [-0.2, -0.15) is 16.8 Å². The van der Waals surface area contributed by atoms with Crippen LogP contribution in [0.25, 0.3) is 0 Å². The van der Waals surface area contributed by atoms with Gasteiger partial charge in [-0.05, 0) is 0 Å². The lowest BCUT2D eigenvalue weighted by Gasteiger charge is -1.73. The van der Waals surface area contributed by atoms with Crippen LogP contribution in [0.2, 0.25) is 0 Å². The summed E-state index contributed by atoms with van der Waals surface area (Å²) in [5.41, 5.74) is 0. The van der Waals surface area contributed by atoms with Gasteiger partial charge in [-0.15, -0.1) is 0 Å². The van der Waals surface area contributed by atoms with Gasteiger partial charge in [0.25, 0.3) is 20.2 Å². The van der Waals surface area contributed by atoms with Gasteiger partial charge in [-0.3, -0.25) is 9.11 Å². The first-order valence-electron chi connectivity index (χ1n) is 4.32. The van der Waals surface area contributed by atoms with Crippen molar-refractivity contribution in [2.75, 3.05) is 0 Å². The summed E-state index contributed by atoms with van der Waals surface area (Å²) in [5, 5.41) is 0.931. The molecule has 6 nitrogen and oxygen atoms in total. The molecule has 0 amide bonds. The molecular formula is C10H14O6S2. The molecule has 0 aliphatic carbocycles. The second-order valence-corrected chi connectivity index (χ2v) is 5.24. The Morgan fingerprint density at radius 1 is 0.667 bits per heavy atom. The summed E-state index contributed by atoms with van der Waals surface area (Å²) >= 11 is 0. The molecule has 8 heteroatoms. The minimum atomic E-state index is -3.90. The fourth-order valence-electron chi connectivity index (χ4n) is 0.385. The third kappa shape index (κ3) is 24.0. The van der Waals surface area contributed by atoms with E-state index < -0.39 is 20.2 Å². The molecule has 0 heterocycles. The molecule has 0 saturated heterocycles. The van der Waals surface area contributed by atoms with Crippen molar-refractivity contribution in [3.8, 4) is 0 Å². The molecule has 0 aromatic heterocycles. The molecule has 0 aliphatic rings. The molecule has 102 valence electrons. The van der Waals surface area contributed by atoms with E-state index in [1.54, 1.807) is 0 Å². The minimum absolute atomic E-state index is 0.465. The zero-order chi connectivity index (χ0) is 14.7. The zero-order valence-corrected chi connectivity index (χ0v) is 11.0. The highest BCUT2D eigenvalue weighted by atomic mass is 32.2. The molecular weight excluding hydrogens is 280 g/mol. The summed E-state index contributed by atoms with van der Waals surface area (Å²) in [5.74, 6) is 0. The highest BCUT2D eigenvalue weighted by molar-refractivity contribution is 7.89.